The SMILES string of the molecule is Bc1cc(C(=O)N(C)C(C)C)ccc1-n1nc(-c2cccnc2)c2c1C1SC(NC(C)=O)=NC1CC2. The van der Waals surface area contributed by atoms with Gasteiger partial charge in [-0.05, 0) is 51.0 Å². The Kier molecular flexibility index (Phi) is 6.46. The summed E-state index contributed by atoms with van der Waals surface area (Å²) in [7, 11) is 3.84. The number of fused-ring (bicyclic) bond motifs is 3. The van der Waals surface area contributed by atoms with E-state index in [9.17, 15) is 9.59 Å². The summed E-state index contributed by atoms with van der Waals surface area (Å²) in [5.74, 6) is -0.120. The van der Waals surface area contributed by atoms with Crippen LogP contribution in [-0.4, -0.2) is 63.6 Å². The van der Waals surface area contributed by atoms with E-state index in [0.29, 0.717) is 10.7 Å². The molecule has 8 nitrogen and oxygen atoms in total. The van der Waals surface area contributed by atoms with Crippen molar-refractivity contribution in [2.24, 2.45) is 4.99 Å². The molecular weight excluding hydrogens is 471 g/mol. The van der Waals surface area contributed by atoms with E-state index in [0.717, 1.165) is 40.9 Å². The average Bonchev–Trinajstić information content (AvgIpc) is 3.44. The molecule has 5 rings (SSSR count). The number of thioether (sulfide) groups is 1. The van der Waals surface area contributed by atoms with E-state index in [-0.39, 0.29) is 29.1 Å². The fraction of sp³-hybridized carbons (Fsp3) is 0.346. The minimum Gasteiger partial charge on any atom is -0.339 e. The number of amides is 2. The van der Waals surface area contributed by atoms with Crippen molar-refractivity contribution in [3.63, 3.8) is 0 Å². The van der Waals surface area contributed by atoms with Crippen LogP contribution >= 0.6 is 11.8 Å². The van der Waals surface area contributed by atoms with Crippen LogP contribution in [0.25, 0.3) is 16.9 Å². The quantitative estimate of drug-likeness (QED) is 0.555. The molecule has 2 aliphatic rings. The molecule has 0 spiro atoms. The number of amidine groups is 1. The van der Waals surface area contributed by atoms with Crippen LogP contribution in [-0.2, 0) is 11.2 Å². The molecule has 2 atom stereocenters. The fourth-order valence-corrected chi connectivity index (χ4v) is 6.14. The summed E-state index contributed by atoms with van der Waals surface area (Å²) in [6.07, 6.45) is 5.33. The number of rotatable bonds is 4. The van der Waals surface area contributed by atoms with Crippen molar-refractivity contribution in [2.75, 3.05) is 7.05 Å². The Labute approximate surface area is 216 Å². The topological polar surface area (TPSA) is 92.5 Å². The van der Waals surface area contributed by atoms with Gasteiger partial charge in [0.15, 0.2) is 5.17 Å². The summed E-state index contributed by atoms with van der Waals surface area (Å²) < 4.78 is 2.02. The van der Waals surface area contributed by atoms with E-state index in [4.69, 9.17) is 10.1 Å². The molecule has 0 fully saturated rings. The molecular formula is C26H29BN6O2S. The van der Waals surface area contributed by atoms with Gasteiger partial charge in [-0.25, -0.2) is 4.68 Å². The molecule has 2 amide bonds. The number of benzene rings is 1. The molecule has 0 saturated heterocycles. The van der Waals surface area contributed by atoms with Gasteiger partial charge < -0.3 is 10.2 Å². The van der Waals surface area contributed by atoms with Crippen molar-refractivity contribution < 1.29 is 9.59 Å². The van der Waals surface area contributed by atoms with Crippen LogP contribution in [0.1, 0.15) is 54.1 Å². The van der Waals surface area contributed by atoms with E-state index in [1.165, 1.54) is 12.5 Å². The van der Waals surface area contributed by atoms with Crippen molar-refractivity contribution in [3.05, 3.63) is 59.5 Å². The molecule has 2 unspecified atom stereocenters. The van der Waals surface area contributed by atoms with Crippen LogP contribution in [0.2, 0.25) is 0 Å². The largest absolute Gasteiger partial charge is 0.339 e. The van der Waals surface area contributed by atoms with Crippen molar-refractivity contribution in [1.82, 2.24) is 25.0 Å². The van der Waals surface area contributed by atoms with Crippen molar-refractivity contribution in [1.29, 1.82) is 0 Å². The van der Waals surface area contributed by atoms with Gasteiger partial charge in [-0.2, -0.15) is 5.10 Å². The van der Waals surface area contributed by atoms with Crippen LogP contribution in [0, 0.1) is 0 Å². The number of carbonyl (C=O) groups excluding carboxylic acids is 2. The highest BCUT2D eigenvalue weighted by atomic mass is 32.2. The molecule has 1 aliphatic heterocycles. The molecule has 3 heterocycles. The summed E-state index contributed by atoms with van der Waals surface area (Å²) in [4.78, 5) is 35.5. The third kappa shape index (κ3) is 4.34. The van der Waals surface area contributed by atoms with E-state index in [1.807, 2.05) is 70.0 Å². The van der Waals surface area contributed by atoms with Crippen LogP contribution in [0.5, 0.6) is 0 Å². The highest BCUT2D eigenvalue weighted by molar-refractivity contribution is 8.14. The van der Waals surface area contributed by atoms with E-state index in [2.05, 4.69) is 10.3 Å². The first kappa shape index (κ1) is 24.3. The number of carbonyl (C=O) groups is 2. The molecule has 1 aliphatic carbocycles. The van der Waals surface area contributed by atoms with Gasteiger partial charge in [0.1, 0.15) is 7.85 Å². The molecule has 10 heteroatoms. The van der Waals surface area contributed by atoms with E-state index in [1.54, 1.807) is 22.9 Å². The standard InChI is InChI=1S/C26H29BN6O2S/c1-14(2)32(4)25(35)16-7-10-21(19(27)12-16)33-23-18(22(31-33)17-6-5-11-28-13-17)8-9-20-24(23)36-26(30-20)29-15(3)34/h5-7,10-14,20,24H,8-9,27H2,1-4H3,(H,29,30,34). The van der Waals surface area contributed by atoms with E-state index < -0.39 is 0 Å². The van der Waals surface area contributed by atoms with Crippen LogP contribution in [0.15, 0.2) is 47.7 Å². The Balaban J connectivity index is 1.61. The molecule has 0 saturated carbocycles. The third-order valence-electron chi connectivity index (χ3n) is 6.84. The van der Waals surface area contributed by atoms with Crippen LogP contribution in [0.4, 0.5) is 0 Å². The molecule has 1 N–H and O–H groups in total. The highest BCUT2D eigenvalue weighted by Gasteiger charge is 2.41. The lowest BCUT2D eigenvalue weighted by atomic mass is 9.89. The van der Waals surface area contributed by atoms with Crippen LogP contribution < -0.4 is 10.8 Å². The van der Waals surface area contributed by atoms with Crippen molar-refractivity contribution >= 4 is 42.1 Å². The second kappa shape index (κ2) is 9.57. The minimum atomic E-state index is -0.118. The molecule has 0 radical (unpaired) electrons. The van der Waals surface area contributed by atoms with Crippen molar-refractivity contribution in [3.8, 4) is 16.9 Å². The highest BCUT2D eigenvalue weighted by Crippen LogP contribution is 2.48. The second-order valence-corrected chi connectivity index (χ2v) is 10.8. The van der Waals surface area contributed by atoms with Crippen LogP contribution in [0.3, 0.4) is 0 Å². The maximum absolute atomic E-state index is 12.9. The predicted octanol–water partition coefficient (Wildman–Crippen LogP) is 2.27. The Hall–Kier alpha value is -3.40. The van der Waals surface area contributed by atoms with Gasteiger partial charge in [0.05, 0.1) is 28.4 Å². The number of hydrogen-bond donors (Lipinski definition) is 1. The predicted molar refractivity (Wildman–Crippen MR) is 146 cm³/mol. The van der Waals surface area contributed by atoms with E-state index >= 15 is 0 Å². The zero-order chi connectivity index (χ0) is 25.6. The molecule has 1 aromatic carbocycles. The lowest BCUT2D eigenvalue weighted by Gasteiger charge is -2.26. The van der Waals surface area contributed by atoms with Gasteiger partial charge >= 0.3 is 0 Å². The monoisotopic (exact) mass is 500 g/mol. The zero-order valence-electron chi connectivity index (χ0n) is 21.1. The van der Waals surface area contributed by atoms with Gasteiger partial charge in [-0.1, -0.05) is 23.3 Å². The normalized spacial score (nSPS) is 18.4. The lowest BCUT2D eigenvalue weighted by Crippen LogP contribution is -2.33. The Morgan fingerprint density at radius 2 is 2.08 bits per heavy atom. The summed E-state index contributed by atoms with van der Waals surface area (Å²) in [6.45, 7) is 5.51. The summed E-state index contributed by atoms with van der Waals surface area (Å²) >= 11 is 1.58. The Morgan fingerprint density at radius 1 is 1.28 bits per heavy atom. The lowest BCUT2D eigenvalue weighted by molar-refractivity contribution is -0.117. The first-order valence-electron chi connectivity index (χ1n) is 12.2. The maximum Gasteiger partial charge on any atom is 0.253 e. The van der Waals surface area contributed by atoms with Gasteiger partial charge in [0, 0.05) is 49.1 Å². The molecule has 184 valence electrons. The first-order chi connectivity index (χ1) is 17.2. The zero-order valence-corrected chi connectivity index (χ0v) is 22.0. The second-order valence-electron chi connectivity index (χ2n) is 9.64. The summed E-state index contributed by atoms with van der Waals surface area (Å²) in [5, 5.41) is 8.68. The third-order valence-corrected chi connectivity index (χ3v) is 8.06. The molecule has 3 aromatic rings. The smallest absolute Gasteiger partial charge is 0.253 e. The fourth-order valence-electron chi connectivity index (χ4n) is 4.79. The molecule has 0 bridgehead atoms. The molecule has 2 aromatic heterocycles. The number of aromatic nitrogens is 3. The Morgan fingerprint density at radius 3 is 2.75 bits per heavy atom. The number of hydrogen-bond acceptors (Lipinski definition) is 6. The van der Waals surface area contributed by atoms with Gasteiger partial charge in [-0.3, -0.25) is 19.6 Å². The molecule has 36 heavy (non-hydrogen) atoms. The summed E-state index contributed by atoms with van der Waals surface area (Å²) in [6, 6.07) is 9.94. The average molecular weight is 500 g/mol. The summed E-state index contributed by atoms with van der Waals surface area (Å²) in [5.41, 5.74) is 6.74. The minimum absolute atomic E-state index is 0.00189. The number of pyridine rings is 1. The Bertz CT molecular complexity index is 1370. The number of aliphatic imine (C=N–C) groups is 1. The first-order valence-corrected chi connectivity index (χ1v) is 13.0. The number of nitrogens with one attached hydrogen (secondary N) is 1. The van der Waals surface area contributed by atoms with Gasteiger partial charge in [0.25, 0.3) is 5.91 Å². The van der Waals surface area contributed by atoms with Gasteiger partial charge in [0.2, 0.25) is 5.91 Å². The maximum atomic E-state index is 12.9. The van der Waals surface area contributed by atoms with Gasteiger partial charge in [-0.15, -0.1) is 0 Å². The van der Waals surface area contributed by atoms with Crippen molar-refractivity contribution in [2.45, 2.75) is 50.9 Å². The number of nitrogens with zero attached hydrogens (tertiary/aromatic N) is 5.